The molecule has 0 saturated carbocycles. The summed E-state index contributed by atoms with van der Waals surface area (Å²) in [5, 5.41) is 0. The van der Waals surface area contributed by atoms with Gasteiger partial charge in [-0.15, -0.1) is 0 Å². The fourth-order valence-corrected chi connectivity index (χ4v) is 2.45. The van der Waals surface area contributed by atoms with Crippen LogP contribution < -0.4 is 4.90 Å². The Bertz CT molecular complexity index is 660. The SMILES string of the molecule is CCC1=C(C)C(=O)N(c2ccc(C(C)(F)F)c(C)n2)C1=O. The van der Waals surface area contributed by atoms with Gasteiger partial charge in [-0.3, -0.25) is 9.59 Å². The minimum absolute atomic E-state index is 0.0818. The number of amides is 2. The highest BCUT2D eigenvalue weighted by Gasteiger charge is 2.37. The lowest BCUT2D eigenvalue weighted by molar-refractivity contribution is -0.120. The normalized spacial score (nSPS) is 16.2. The summed E-state index contributed by atoms with van der Waals surface area (Å²) in [6, 6.07) is 2.49. The van der Waals surface area contributed by atoms with E-state index in [1.54, 1.807) is 13.8 Å². The first-order valence-corrected chi connectivity index (χ1v) is 6.63. The molecule has 4 nitrogen and oxygen atoms in total. The molecule has 112 valence electrons. The van der Waals surface area contributed by atoms with Crippen molar-refractivity contribution < 1.29 is 18.4 Å². The number of carbonyl (C=O) groups is 2. The van der Waals surface area contributed by atoms with Crippen molar-refractivity contribution in [1.82, 2.24) is 4.98 Å². The van der Waals surface area contributed by atoms with E-state index in [9.17, 15) is 18.4 Å². The number of carbonyl (C=O) groups excluding carboxylic acids is 2. The van der Waals surface area contributed by atoms with Gasteiger partial charge < -0.3 is 0 Å². The van der Waals surface area contributed by atoms with Crippen molar-refractivity contribution in [3.8, 4) is 0 Å². The number of imide groups is 1. The Balaban J connectivity index is 2.44. The average Bonchev–Trinajstić information content (AvgIpc) is 2.58. The monoisotopic (exact) mass is 294 g/mol. The number of anilines is 1. The van der Waals surface area contributed by atoms with Crippen molar-refractivity contribution in [3.63, 3.8) is 0 Å². The second-order valence-corrected chi connectivity index (χ2v) is 5.09. The van der Waals surface area contributed by atoms with E-state index in [2.05, 4.69) is 4.98 Å². The molecule has 1 aliphatic rings. The molecule has 1 aromatic rings. The fourth-order valence-electron chi connectivity index (χ4n) is 2.45. The van der Waals surface area contributed by atoms with Crippen LogP contribution in [-0.4, -0.2) is 16.8 Å². The first-order valence-electron chi connectivity index (χ1n) is 6.63. The van der Waals surface area contributed by atoms with Crippen LogP contribution in [0.25, 0.3) is 0 Å². The van der Waals surface area contributed by atoms with Crippen LogP contribution in [0.1, 0.15) is 38.4 Å². The minimum Gasteiger partial charge on any atom is -0.269 e. The van der Waals surface area contributed by atoms with Crippen LogP contribution >= 0.6 is 0 Å². The number of nitrogens with zero attached hydrogens (tertiary/aromatic N) is 2. The molecule has 0 saturated heterocycles. The van der Waals surface area contributed by atoms with Crippen LogP contribution in [0.2, 0.25) is 0 Å². The third kappa shape index (κ3) is 2.46. The standard InChI is InChI=1S/C15H16F2N2O2/c1-5-10-8(2)13(20)19(14(10)21)12-7-6-11(9(3)18-12)15(4,16)17/h6-7H,5H2,1-4H3. The predicted octanol–water partition coefficient (Wildman–Crippen LogP) is 3.10. The van der Waals surface area contributed by atoms with Gasteiger partial charge in [0.25, 0.3) is 17.7 Å². The van der Waals surface area contributed by atoms with Crippen LogP contribution in [0.3, 0.4) is 0 Å². The number of halogens is 2. The number of hydrogen-bond donors (Lipinski definition) is 0. The number of aromatic nitrogens is 1. The Morgan fingerprint density at radius 3 is 2.24 bits per heavy atom. The summed E-state index contributed by atoms with van der Waals surface area (Å²) in [6.45, 7) is 5.58. The quantitative estimate of drug-likeness (QED) is 0.805. The zero-order valence-corrected chi connectivity index (χ0v) is 12.3. The topological polar surface area (TPSA) is 50.3 Å². The average molecular weight is 294 g/mol. The van der Waals surface area contributed by atoms with Crippen LogP contribution in [0.4, 0.5) is 14.6 Å². The van der Waals surface area contributed by atoms with E-state index < -0.39 is 17.7 Å². The predicted molar refractivity (Wildman–Crippen MR) is 74.0 cm³/mol. The smallest absolute Gasteiger partial charge is 0.269 e. The third-order valence-electron chi connectivity index (χ3n) is 3.56. The van der Waals surface area contributed by atoms with Crippen LogP contribution in [0.5, 0.6) is 0 Å². The summed E-state index contributed by atoms with van der Waals surface area (Å²) in [5.41, 5.74) is 0.699. The van der Waals surface area contributed by atoms with Gasteiger partial charge >= 0.3 is 0 Å². The van der Waals surface area contributed by atoms with Crippen molar-refractivity contribution >= 4 is 17.6 Å². The molecule has 0 fully saturated rings. The molecule has 0 spiro atoms. The highest BCUT2D eigenvalue weighted by atomic mass is 19.3. The van der Waals surface area contributed by atoms with Gasteiger partial charge in [-0.05, 0) is 32.4 Å². The van der Waals surface area contributed by atoms with Gasteiger partial charge in [0.2, 0.25) is 0 Å². The number of rotatable bonds is 3. The largest absolute Gasteiger partial charge is 0.272 e. The molecule has 2 heterocycles. The van der Waals surface area contributed by atoms with Gasteiger partial charge in [0.15, 0.2) is 0 Å². The number of pyridine rings is 1. The summed E-state index contributed by atoms with van der Waals surface area (Å²) in [5.74, 6) is -3.81. The van der Waals surface area contributed by atoms with Crippen molar-refractivity contribution in [3.05, 3.63) is 34.5 Å². The summed E-state index contributed by atoms with van der Waals surface area (Å²) in [7, 11) is 0. The first kappa shape index (κ1) is 15.3. The minimum atomic E-state index is -3.02. The summed E-state index contributed by atoms with van der Waals surface area (Å²) >= 11 is 0. The van der Waals surface area contributed by atoms with Gasteiger partial charge in [0.1, 0.15) is 5.82 Å². The molecule has 0 aromatic carbocycles. The molecule has 0 unspecified atom stereocenters. The zero-order chi connectivity index (χ0) is 15.9. The lowest BCUT2D eigenvalue weighted by atomic mass is 10.1. The van der Waals surface area contributed by atoms with Crippen molar-refractivity contribution in [2.24, 2.45) is 0 Å². The van der Waals surface area contributed by atoms with Crippen LogP contribution in [0, 0.1) is 6.92 Å². The number of alkyl halides is 2. The van der Waals surface area contributed by atoms with E-state index in [1.807, 2.05) is 0 Å². The molecule has 1 aliphatic heterocycles. The Morgan fingerprint density at radius 2 is 1.81 bits per heavy atom. The molecule has 0 atom stereocenters. The second-order valence-electron chi connectivity index (χ2n) is 5.09. The highest BCUT2D eigenvalue weighted by molar-refractivity contribution is 6.32. The molecular formula is C15H16F2N2O2. The lowest BCUT2D eigenvalue weighted by Gasteiger charge is -2.18. The first-order chi connectivity index (χ1) is 9.68. The number of aryl methyl sites for hydroxylation is 1. The van der Waals surface area contributed by atoms with Gasteiger partial charge in [-0.25, -0.2) is 18.7 Å². The van der Waals surface area contributed by atoms with Crippen molar-refractivity contribution in [2.75, 3.05) is 4.90 Å². The molecular weight excluding hydrogens is 278 g/mol. The molecule has 2 rings (SSSR count). The van der Waals surface area contributed by atoms with Gasteiger partial charge in [0.05, 0.1) is 0 Å². The lowest BCUT2D eigenvalue weighted by Crippen LogP contribution is -2.32. The van der Waals surface area contributed by atoms with E-state index in [1.165, 1.54) is 19.1 Å². The molecule has 0 bridgehead atoms. The molecule has 2 amide bonds. The van der Waals surface area contributed by atoms with Crippen molar-refractivity contribution in [1.29, 1.82) is 0 Å². The van der Waals surface area contributed by atoms with Gasteiger partial charge in [-0.1, -0.05) is 6.92 Å². The van der Waals surface area contributed by atoms with Crippen molar-refractivity contribution in [2.45, 2.75) is 40.0 Å². The maximum absolute atomic E-state index is 13.4. The Kier molecular flexibility index (Phi) is 3.65. The molecule has 0 N–H and O–H groups in total. The Labute approximate surface area is 121 Å². The van der Waals surface area contributed by atoms with E-state index in [4.69, 9.17) is 0 Å². The Hall–Kier alpha value is -2.11. The van der Waals surface area contributed by atoms with Gasteiger partial charge in [0, 0.05) is 29.3 Å². The molecule has 0 radical (unpaired) electrons. The second kappa shape index (κ2) is 5.02. The highest BCUT2D eigenvalue weighted by Crippen LogP contribution is 2.32. The van der Waals surface area contributed by atoms with E-state index in [0.29, 0.717) is 17.6 Å². The maximum atomic E-state index is 13.4. The zero-order valence-electron chi connectivity index (χ0n) is 12.3. The molecule has 0 aliphatic carbocycles. The van der Waals surface area contributed by atoms with Crippen LogP contribution in [-0.2, 0) is 15.5 Å². The van der Waals surface area contributed by atoms with E-state index >= 15 is 0 Å². The van der Waals surface area contributed by atoms with Gasteiger partial charge in [-0.2, -0.15) is 0 Å². The fraction of sp³-hybridized carbons (Fsp3) is 0.400. The number of hydrogen-bond acceptors (Lipinski definition) is 3. The molecule has 6 heteroatoms. The molecule has 21 heavy (non-hydrogen) atoms. The maximum Gasteiger partial charge on any atom is 0.272 e. The summed E-state index contributed by atoms with van der Waals surface area (Å²) in [6.07, 6.45) is 0.441. The third-order valence-corrected chi connectivity index (χ3v) is 3.56. The Morgan fingerprint density at radius 1 is 1.19 bits per heavy atom. The van der Waals surface area contributed by atoms with Crippen LogP contribution in [0.15, 0.2) is 23.3 Å². The summed E-state index contributed by atoms with van der Waals surface area (Å²) in [4.78, 5) is 29.3. The van der Waals surface area contributed by atoms with E-state index in [-0.39, 0.29) is 17.1 Å². The van der Waals surface area contributed by atoms with E-state index in [0.717, 1.165) is 11.8 Å². The molecule has 1 aromatic heterocycles. The summed E-state index contributed by atoms with van der Waals surface area (Å²) < 4.78 is 26.7.